The number of rotatable bonds is 3. The summed E-state index contributed by atoms with van der Waals surface area (Å²) >= 11 is 0. The minimum atomic E-state index is -0.223. The van der Waals surface area contributed by atoms with Gasteiger partial charge < -0.3 is 5.11 Å². The van der Waals surface area contributed by atoms with Crippen molar-refractivity contribution in [1.82, 2.24) is 5.01 Å². The molecule has 0 aliphatic heterocycles. The number of nitrogens with zero attached hydrogens (tertiary/aromatic N) is 3. The van der Waals surface area contributed by atoms with Crippen LogP contribution in [0.5, 0.6) is 0 Å². The Morgan fingerprint density at radius 3 is 2.60 bits per heavy atom. The van der Waals surface area contributed by atoms with E-state index in [0.717, 1.165) is 5.01 Å². The van der Waals surface area contributed by atoms with Crippen LogP contribution >= 0.6 is 0 Å². The molecule has 0 aliphatic rings. The van der Waals surface area contributed by atoms with Gasteiger partial charge in [0.2, 0.25) is 5.91 Å². The third-order valence-electron chi connectivity index (χ3n) is 0.873. The third-order valence-corrected chi connectivity index (χ3v) is 0.873. The summed E-state index contributed by atoms with van der Waals surface area (Å²) in [5, 5.41) is 16.4. The van der Waals surface area contributed by atoms with Crippen LogP contribution in [0.3, 0.4) is 0 Å². The molecule has 0 unspecified atom stereocenters. The van der Waals surface area contributed by atoms with Crippen molar-refractivity contribution < 1.29 is 9.90 Å². The van der Waals surface area contributed by atoms with Crippen LogP contribution in [0.25, 0.3) is 0 Å². The van der Waals surface area contributed by atoms with Gasteiger partial charge in [0, 0.05) is 6.92 Å². The average molecular weight is 145 g/mol. The van der Waals surface area contributed by atoms with Crippen molar-refractivity contribution in [2.75, 3.05) is 20.2 Å². The van der Waals surface area contributed by atoms with Crippen LogP contribution in [0.4, 0.5) is 0 Å². The van der Waals surface area contributed by atoms with Gasteiger partial charge in [-0.15, -0.1) is 0 Å². The van der Waals surface area contributed by atoms with E-state index in [1.54, 1.807) is 0 Å². The van der Waals surface area contributed by atoms with Crippen LogP contribution in [-0.2, 0) is 4.79 Å². The van der Waals surface area contributed by atoms with Gasteiger partial charge >= 0.3 is 0 Å². The van der Waals surface area contributed by atoms with E-state index in [2.05, 4.69) is 10.3 Å². The van der Waals surface area contributed by atoms with E-state index in [9.17, 15) is 4.79 Å². The lowest BCUT2D eigenvalue weighted by molar-refractivity contribution is -0.129. The van der Waals surface area contributed by atoms with Gasteiger partial charge in [-0.1, -0.05) is 5.22 Å². The largest absolute Gasteiger partial charge is 0.394 e. The van der Waals surface area contributed by atoms with Gasteiger partial charge in [0.05, 0.1) is 20.2 Å². The Labute approximate surface area is 59.3 Å². The number of carbonyl (C=O) groups excluding carboxylic acids is 1. The normalized spacial score (nSPS) is 10.3. The molecule has 0 aliphatic carbocycles. The minimum absolute atomic E-state index is 0.0986. The number of aliphatic hydroxyl groups excluding tert-OH is 1. The molecule has 0 saturated carbocycles. The highest BCUT2D eigenvalue weighted by molar-refractivity contribution is 5.72. The fraction of sp³-hybridized carbons (Fsp3) is 0.800. The highest BCUT2D eigenvalue weighted by Crippen LogP contribution is 1.89. The molecule has 58 valence electrons. The first kappa shape index (κ1) is 9.03. The molecular formula is C5H11N3O2. The third kappa shape index (κ3) is 3.13. The highest BCUT2D eigenvalue weighted by atomic mass is 16.3. The number of carbonyl (C=O) groups is 1. The second kappa shape index (κ2) is 4.87. The predicted octanol–water partition coefficient (Wildman–Crippen LogP) is -0.176. The summed E-state index contributed by atoms with van der Waals surface area (Å²) in [4.78, 5) is 10.6. The Morgan fingerprint density at radius 2 is 2.30 bits per heavy atom. The van der Waals surface area contributed by atoms with E-state index in [0.29, 0.717) is 0 Å². The summed E-state index contributed by atoms with van der Waals surface area (Å²) in [6.45, 7) is 1.47. The first-order valence-electron chi connectivity index (χ1n) is 2.91. The van der Waals surface area contributed by atoms with Crippen molar-refractivity contribution in [3.05, 3.63) is 0 Å². The number of hydrogen-bond acceptors (Lipinski definition) is 4. The van der Waals surface area contributed by atoms with Crippen LogP contribution in [0.1, 0.15) is 6.92 Å². The van der Waals surface area contributed by atoms with Gasteiger partial charge in [0.1, 0.15) is 0 Å². The van der Waals surface area contributed by atoms with Crippen molar-refractivity contribution in [1.29, 1.82) is 0 Å². The highest BCUT2D eigenvalue weighted by Gasteiger charge is 2.03. The maximum Gasteiger partial charge on any atom is 0.240 e. The van der Waals surface area contributed by atoms with Crippen molar-refractivity contribution in [2.24, 2.45) is 10.3 Å². The Morgan fingerprint density at radius 1 is 1.70 bits per heavy atom. The van der Waals surface area contributed by atoms with Gasteiger partial charge in [-0.25, -0.2) is 5.01 Å². The molecule has 1 amide bonds. The van der Waals surface area contributed by atoms with Crippen molar-refractivity contribution in [2.45, 2.75) is 6.92 Å². The van der Waals surface area contributed by atoms with E-state index in [4.69, 9.17) is 5.11 Å². The van der Waals surface area contributed by atoms with Crippen molar-refractivity contribution in [3.8, 4) is 0 Å². The zero-order valence-corrected chi connectivity index (χ0v) is 6.11. The summed E-state index contributed by atoms with van der Waals surface area (Å²) in [6, 6.07) is 0. The molecule has 5 nitrogen and oxygen atoms in total. The smallest absolute Gasteiger partial charge is 0.240 e. The van der Waals surface area contributed by atoms with Gasteiger partial charge in [-0.2, -0.15) is 5.11 Å². The summed E-state index contributed by atoms with van der Waals surface area (Å²) in [7, 11) is 1.47. The van der Waals surface area contributed by atoms with E-state index in [1.165, 1.54) is 14.0 Å². The second-order valence-electron chi connectivity index (χ2n) is 1.66. The zero-order valence-electron chi connectivity index (χ0n) is 6.11. The predicted molar refractivity (Wildman–Crippen MR) is 35.3 cm³/mol. The molecule has 0 aromatic rings. The van der Waals surface area contributed by atoms with E-state index in [-0.39, 0.29) is 19.1 Å². The quantitative estimate of drug-likeness (QED) is 0.442. The summed E-state index contributed by atoms with van der Waals surface area (Å²) in [6.07, 6.45) is 0. The fourth-order valence-corrected chi connectivity index (χ4v) is 0.468. The van der Waals surface area contributed by atoms with Crippen molar-refractivity contribution >= 4 is 5.91 Å². The van der Waals surface area contributed by atoms with Gasteiger partial charge in [0.15, 0.2) is 0 Å². The molecule has 0 radical (unpaired) electrons. The molecule has 0 atom stereocenters. The summed E-state index contributed by atoms with van der Waals surface area (Å²) in [5.74, 6) is -0.223. The molecule has 0 saturated heterocycles. The molecule has 0 heterocycles. The minimum Gasteiger partial charge on any atom is -0.394 e. The van der Waals surface area contributed by atoms with E-state index in [1.807, 2.05) is 0 Å². The SMILES string of the molecule is CN=NN(CCO)C(C)=O. The number of aliphatic hydroxyl groups is 1. The van der Waals surface area contributed by atoms with Crippen LogP contribution in [-0.4, -0.2) is 36.2 Å². The summed E-state index contributed by atoms with van der Waals surface area (Å²) in [5.41, 5.74) is 0. The van der Waals surface area contributed by atoms with Crippen LogP contribution in [0.2, 0.25) is 0 Å². The van der Waals surface area contributed by atoms with Crippen molar-refractivity contribution in [3.63, 3.8) is 0 Å². The molecule has 1 N–H and O–H groups in total. The summed E-state index contributed by atoms with van der Waals surface area (Å²) < 4.78 is 0. The lowest BCUT2D eigenvalue weighted by atomic mass is 10.6. The standard InChI is InChI=1S/C5H11N3O2/c1-5(10)8(3-4-9)7-6-2/h9H,3-4H2,1-2H3. The fourth-order valence-electron chi connectivity index (χ4n) is 0.468. The molecule has 0 fully saturated rings. The molecule has 10 heavy (non-hydrogen) atoms. The Kier molecular flexibility index (Phi) is 4.39. The number of amides is 1. The second-order valence-corrected chi connectivity index (χ2v) is 1.66. The first-order chi connectivity index (χ1) is 4.72. The van der Waals surface area contributed by atoms with Gasteiger partial charge in [0.25, 0.3) is 0 Å². The maximum absolute atomic E-state index is 10.6. The van der Waals surface area contributed by atoms with Crippen LogP contribution in [0, 0.1) is 0 Å². The molecule has 0 aromatic heterocycles. The van der Waals surface area contributed by atoms with E-state index >= 15 is 0 Å². The van der Waals surface area contributed by atoms with Crippen LogP contribution in [0.15, 0.2) is 10.3 Å². The first-order valence-corrected chi connectivity index (χ1v) is 2.91. The molecular weight excluding hydrogens is 134 g/mol. The number of hydrogen-bond donors (Lipinski definition) is 1. The Balaban J connectivity index is 3.85. The van der Waals surface area contributed by atoms with E-state index < -0.39 is 0 Å². The lowest BCUT2D eigenvalue weighted by Gasteiger charge is -2.09. The monoisotopic (exact) mass is 145 g/mol. The zero-order chi connectivity index (χ0) is 7.98. The topological polar surface area (TPSA) is 65.3 Å². The lowest BCUT2D eigenvalue weighted by Crippen LogP contribution is -2.25. The maximum atomic E-state index is 10.6. The van der Waals surface area contributed by atoms with Crippen LogP contribution < -0.4 is 0 Å². The Hall–Kier alpha value is -0.970. The molecule has 0 spiro atoms. The Bertz CT molecular complexity index is 135. The molecule has 0 rings (SSSR count). The molecule has 5 heteroatoms. The molecule has 0 aromatic carbocycles. The average Bonchev–Trinajstić information content (AvgIpc) is 1.87. The van der Waals surface area contributed by atoms with Gasteiger partial charge in [-0.05, 0) is 0 Å². The molecule has 0 bridgehead atoms. The van der Waals surface area contributed by atoms with Gasteiger partial charge in [-0.3, -0.25) is 4.79 Å².